The molecule has 0 aromatic heterocycles. The van der Waals surface area contributed by atoms with Gasteiger partial charge in [0.1, 0.15) is 5.82 Å². The summed E-state index contributed by atoms with van der Waals surface area (Å²) in [5.41, 5.74) is 7.87. The molecule has 21 heavy (non-hydrogen) atoms. The van der Waals surface area contributed by atoms with Gasteiger partial charge in [0, 0.05) is 6.04 Å². The Kier molecular flexibility index (Phi) is 4.79. The molecule has 2 rings (SSSR count). The van der Waals surface area contributed by atoms with Gasteiger partial charge in [-0.25, -0.2) is 4.39 Å². The summed E-state index contributed by atoms with van der Waals surface area (Å²) in [6.45, 7) is 8.70. The third-order valence-electron chi connectivity index (χ3n) is 4.47. The minimum absolute atomic E-state index is 0.182. The zero-order chi connectivity index (χ0) is 15.6. The van der Waals surface area contributed by atoms with Crippen LogP contribution in [-0.4, -0.2) is 7.05 Å². The SMILES string of the molecule is CNC(Cc1ccc(F)cc1)c1c(C)c(C)cc(C)c1C. The van der Waals surface area contributed by atoms with Crippen molar-refractivity contribution in [3.05, 3.63) is 69.5 Å². The van der Waals surface area contributed by atoms with E-state index in [9.17, 15) is 4.39 Å². The van der Waals surface area contributed by atoms with Crippen LogP contribution < -0.4 is 5.32 Å². The highest BCUT2D eigenvalue weighted by Gasteiger charge is 2.17. The highest BCUT2D eigenvalue weighted by atomic mass is 19.1. The molecule has 112 valence electrons. The Morgan fingerprint density at radius 1 is 0.952 bits per heavy atom. The van der Waals surface area contributed by atoms with Crippen molar-refractivity contribution in [3.63, 3.8) is 0 Å². The molecule has 2 heteroatoms. The van der Waals surface area contributed by atoms with Crippen molar-refractivity contribution in [2.45, 2.75) is 40.2 Å². The molecule has 0 radical (unpaired) electrons. The number of likely N-dealkylation sites (N-methyl/N-ethyl adjacent to an activating group) is 1. The average molecular weight is 285 g/mol. The first kappa shape index (κ1) is 15.7. The lowest BCUT2D eigenvalue weighted by atomic mass is 9.87. The lowest BCUT2D eigenvalue weighted by Gasteiger charge is -2.24. The molecule has 1 N–H and O–H groups in total. The smallest absolute Gasteiger partial charge is 0.123 e. The summed E-state index contributed by atoms with van der Waals surface area (Å²) < 4.78 is 13.0. The third-order valence-corrected chi connectivity index (χ3v) is 4.47. The number of benzene rings is 2. The molecule has 0 aliphatic heterocycles. The quantitative estimate of drug-likeness (QED) is 0.868. The maximum absolute atomic E-state index is 13.0. The van der Waals surface area contributed by atoms with E-state index in [4.69, 9.17) is 0 Å². The van der Waals surface area contributed by atoms with Crippen LogP contribution >= 0.6 is 0 Å². The predicted octanol–water partition coefficient (Wildman–Crippen LogP) is 4.56. The van der Waals surface area contributed by atoms with Gasteiger partial charge in [-0.2, -0.15) is 0 Å². The van der Waals surface area contributed by atoms with Crippen LogP contribution in [0.3, 0.4) is 0 Å². The fourth-order valence-corrected chi connectivity index (χ4v) is 2.97. The van der Waals surface area contributed by atoms with Crippen molar-refractivity contribution in [1.29, 1.82) is 0 Å². The number of rotatable bonds is 4. The Balaban J connectivity index is 2.40. The molecular weight excluding hydrogens is 261 g/mol. The van der Waals surface area contributed by atoms with Crippen molar-refractivity contribution in [2.75, 3.05) is 7.05 Å². The first-order chi connectivity index (χ1) is 9.93. The zero-order valence-corrected chi connectivity index (χ0v) is 13.5. The molecular formula is C19H24FN. The summed E-state index contributed by atoms with van der Waals surface area (Å²) in [4.78, 5) is 0. The van der Waals surface area contributed by atoms with Crippen molar-refractivity contribution < 1.29 is 4.39 Å². The van der Waals surface area contributed by atoms with Gasteiger partial charge in [0.25, 0.3) is 0 Å². The van der Waals surface area contributed by atoms with Gasteiger partial charge in [0.2, 0.25) is 0 Å². The molecule has 0 aliphatic carbocycles. The highest BCUT2D eigenvalue weighted by molar-refractivity contribution is 5.46. The van der Waals surface area contributed by atoms with Crippen LogP contribution in [0, 0.1) is 33.5 Å². The molecule has 0 aliphatic rings. The lowest BCUT2D eigenvalue weighted by molar-refractivity contribution is 0.582. The second-order valence-corrected chi connectivity index (χ2v) is 5.85. The summed E-state index contributed by atoms with van der Waals surface area (Å²) in [5, 5.41) is 3.42. The topological polar surface area (TPSA) is 12.0 Å². The molecule has 0 spiro atoms. The fourth-order valence-electron chi connectivity index (χ4n) is 2.97. The monoisotopic (exact) mass is 285 g/mol. The molecule has 0 saturated carbocycles. The first-order valence-corrected chi connectivity index (χ1v) is 7.43. The third kappa shape index (κ3) is 3.33. The number of hydrogen-bond donors (Lipinski definition) is 1. The standard InChI is InChI=1S/C19H24FN/c1-12-10-13(2)15(4)19(14(12)3)18(21-5)11-16-6-8-17(20)9-7-16/h6-10,18,21H,11H2,1-5H3. The molecule has 0 heterocycles. The Hall–Kier alpha value is -1.67. The highest BCUT2D eigenvalue weighted by Crippen LogP contribution is 2.29. The van der Waals surface area contributed by atoms with Gasteiger partial charge < -0.3 is 5.32 Å². The molecule has 2 aromatic rings. The number of aryl methyl sites for hydroxylation is 2. The van der Waals surface area contributed by atoms with Gasteiger partial charge in [-0.3, -0.25) is 0 Å². The summed E-state index contributed by atoms with van der Waals surface area (Å²) in [5.74, 6) is -0.182. The number of hydrogen-bond acceptors (Lipinski definition) is 1. The van der Waals surface area contributed by atoms with E-state index in [1.165, 1.54) is 39.9 Å². The summed E-state index contributed by atoms with van der Waals surface area (Å²) in [7, 11) is 1.99. The van der Waals surface area contributed by atoms with Crippen LogP contribution in [0.15, 0.2) is 30.3 Å². The van der Waals surface area contributed by atoms with Crippen molar-refractivity contribution in [1.82, 2.24) is 5.32 Å². The molecule has 0 amide bonds. The minimum Gasteiger partial charge on any atom is -0.313 e. The largest absolute Gasteiger partial charge is 0.313 e. The van der Waals surface area contributed by atoms with E-state index >= 15 is 0 Å². The summed E-state index contributed by atoms with van der Waals surface area (Å²) in [6, 6.07) is 9.29. The Labute approximate surface area is 127 Å². The van der Waals surface area contributed by atoms with Crippen LogP contribution in [-0.2, 0) is 6.42 Å². The maximum Gasteiger partial charge on any atom is 0.123 e. The lowest BCUT2D eigenvalue weighted by Crippen LogP contribution is -2.21. The summed E-state index contributed by atoms with van der Waals surface area (Å²) >= 11 is 0. The Bertz CT molecular complexity index is 603. The van der Waals surface area contributed by atoms with Crippen LogP contribution in [0.1, 0.15) is 39.4 Å². The van der Waals surface area contributed by atoms with E-state index in [0.717, 1.165) is 12.0 Å². The van der Waals surface area contributed by atoms with Crippen LogP contribution in [0.5, 0.6) is 0 Å². The van der Waals surface area contributed by atoms with E-state index in [-0.39, 0.29) is 11.9 Å². The van der Waals surface area contributed by atoms with Crippen LogP contribution in [0.2, 0.25) is 0 Å². The van der Waals surface area contributed by atoms with E-state index in [1.807, 2.05) is 19.2 Å². The van der Waals surface area contributed by atoms with E-state index in [2.05, 4.69) is 39.1 Å². The molecule has 0 saturated heterocycles. The average Bonchev–Trinajstić information content (AvgIpc) is 2.46. The number of nitrogens with one attached hydrogen (secondary N) is 1. The van der Waals surface area contributed by atoms with Crippen LogP contribution in [0.4, 0.5) is 4.39 Å². The second-order valence-electron chi connectivity index (χ2n) is 5.85. The van der Waals surface area contributed by atoms with E-state index in [0.29, 0.717) is 0 Å². The maximum atomic E-state index is 13.0. The van der Waals surface area contributed by atoms with Gasteiger partial charge >= 0.3 is 0 Å². The van der Waals surface area contributed by atoms with Gasteiger partial charge in [-0.1, -0.05) is 18.2 Å². The van der Waals surface area contributed by atoms with Gasteiger partial charge in [0.15, 0.2) is 0 Å². The van der Waals surface area contributed by atoms with Crippen LogP contribution in [0.25, 0.3) is 0 Å². The van der Waals surface area contributed by atoms with Gasteiger partial charge in [-0.15, -0.1) is 0 Å². The molecule has 2 aromatic carbocycles. The minimum atomic E-state index is -0.182. The van der Waals surface area contributed by atoms with Gasteiger partial charge in [0.05, 0.1) is 0 Å². The first-order valence-electron chi connectivity index (χ1n) is 7.43. The molecule has 1 atom stereocenters. The Morgan fingerprint density at radius 2 is 1.48 bits per heavy atom. The number of halogens is 1. The van der Waals surface area contributed by atoms with Gasteiger partial charge in [-0.05, 0) is 86.7 Å². The molecule has 0 bridgehead atoms. The van der Waals surface area contributed by atoms with Crippen molar-refractivity contribution in [2.24, 2.45) is 0 Å². The van der Waals surface area contributed by atoms with Crippen molar-refractivity contribution in [3.8, 4) is 0 Å². The zero-order valence-electron chi connectivity index (χ0n) is 13.5. The molecule has 0 fully saturated rings. The van der Waals surface area contributed by atoms with E-state index in [1.54, 1.807) is 0 Å². The van der Waals surface area contributed by atoms with Crippen molar-refractivity contribution >= 4 is 0 Å². The fraction of sp³-hybridized carbons (Fsp3) is 0.368. The Morgan fingerprint density at radius 3 is 1.95 bits per heavy atom. The van der Waals surface area contributed by atoms with E-state index < -0.39 is 0 Å². The predicted molar refractivity (Wildman–Crippen MR) is 87.3 cm³/mol. The molecule has 1 nitrogen and oxygen atoms in total. The molecule has 1 unspecified atom stereocenters. The summed E-state index contributed by atoms with van der Waals surface area (Å²) in [6.07, 6.45) is 0.862. The normalized spacial score (nSPS) is 12.5. The second kappa shape index (κ2) is 6.40.